The highest BCUT2D eigenvalue weighted by Crippen LogP contribution is 2.41. The molecular formula is C29H31FN4O5S. The number of hydrogen-bond acceptors (Lipinski definition) is 7. The number of pyridine rings is 1. The summed E-state index contributed by atoms with van der Waals surface area (Å²) in [4.78, 5) is 49.8. The van der Waals surface area contributed by atoms with Crippen LogP contribution in [-0.4, -0.2) is 75.2 Å². The van der Waals surface area contributed by atoms with Crippen LogP contribution >= 0.6 is 11.3 Å². The summed E-state index contributed by atoms with van der Waals surface area (Å²) in [6.45, 7) is 4.71. The number of carbonyl (C=O) groups is 2. The molecule has 0 unspecified atom stereocenters. The third-order valence-corrected chi connectivity index (χ3v) is 9.49. The SMILES string of the molecule is COC1CN(C(=O)[C@@]2(C)CN([C@H](C)C3CC3)C(=O)c3c(O)c(=O)c(-c4ncc(Cc5ccc(F)cc5)s4)cn32)C1. The van der Waals surface area contributed by atoms with Gasteiger partial charge in [0.15, 0.2) is 11.4 Å². The first-order valence-electron chi connectivity index (χ1n) is 13.4. The number of hydrogen-bond donors (Lipinski definition) is 1. The third-order valence-electron chi connectivity index (χ3n) is 8.46. The van der Waals surface area contributed by atoms with Gasteiger partial charge in [-0.25, -0.2) is 9.37 Å². The summed E-state index contributed by atoms with van der Waals surface area (Å²) >= 11 is 1.27. The Kier molecular flexibility index (Phi) is 6.53. The average Bonchev–Trinajstić information content (AvgIpc) is 3.67. The van der Waals surface area contributed by atoms with Gasteiger partial charge in [0.25, 0.3) is 11.8 Å². The second-order valence-corrected chi connectivity index (χ2v) is 12.3. The molecule has 3 aromatic rings. The van der Waals surface area contributed by atoms with E-state index in [0.717, 1.165) is 23.3 Å². The Morgan fingerprint density at radius 2 is 1.95 bits per heavy atom. The van der Waals surface area contributed by atoms with Gasteiger partial charge in [-0.2, -0.15) is 0 Å². The number of amides is 2. The van der Waals surface area contributed by atoms with E-state index in [1.807, 2.05) is 6.92 Å². The van der Waals surface area contributed by atoms with Gasteiger partial charge >= 0.3 is 0 Å². The summed E-state index contributed by atoms with van der Waals surface area (Å²) in [6.07, 6.45) is 5.59. The normalized spacial score (nSPS) is 21.8. The Bertz CT molecular complexity index is 1540. The third kappa shape index (κ3) is 4.41. The number of fused-ring (bicyclic) bond motifs is 1. The van der Waals surface area contributed by atoms with Gasteiger partial charge in [-0.05, 0) is 50.3 Å². The fourth-order valence-electron chi connectivity index (χ4n) is 5.71. The lowest BCUT2D eigenvalue weighted by Gasteiger charge is -2.49. The fourth-order valence-corrected chi connectivity index (χ4v) is 6.66. The highest BCUT2D eigenvalue weighted by molar-refractivity contribution is 7.15. The molecule has 40 heavy (non-hydrogen) atoms. The molecule has 1 saturated heterocycles. The molecule has 2 aromatic heterocycles. The Morgan fingerprint density at radius 1 is 1.25 bits per heavy atom. The summed E-state index contributed by atoms with van der Waals surface area (Å²) in [5.41, 5.74) is -1.12. The lowest BCUT2D eigenvalue weighted by atomic mass is 9.90. The van der Waals surface area contributed by atoms with Crippen LogP contribution in [0.4, 0.5) is 4.39 Å². The van der Waals surface area contributed by atoms with Crippen molar-refractivity contribution in [2.75, 3.05) is 26.7 Å². The summed E-state index contributed by atoms with van der Waals surface area (Å²) in [5.74, 6) is -1.32. The van der Waals surface area contributed by atoms with Crippen molar-refractivity contribution in [1.82, 2.24) is 19.4 Å². The van der Waals surface area contributed by atoms with Crippen LogP contribution in [0.15, 0.2) is 41.5 Å². The van der Waals surface area contributed by atoms with Gasteiger partial charge in [-0.1, -0.05) is 12.1 Å². The van der Waals surface area contributed by atoms with Crippen molar-refractivity contribution in [3.63, 3.8) is 0 Å². The minimum atomic E-state index is -1.25. The Morgan fingerprint density at radius 3 is 2.60 bits per heavy atom. The molecular weight excluding hydrogens is 535 g/mol. The Hall–Kier alpha value is -3.57. The molecule has 6 rings (SSSR count). The first-order chi connectivity index (χ1) is 19.1. The molecule has 3 aliphatic rings. The number of methoxy groups -OCH3 is 1. The summed E-state index contributed by atoms with van der Waals surface area (Å²) in [5, 5.41) is 11.6. The molecule has 2 amide bonds. The van der Waals surface area contributed by atoms with Gasteiger partial charge in [0.05, 0.1) is 18.2 Å². The number of benzene rings is 1. The number of likely N-dealkylation sites (tertiary alicyclic amines) is 1. The number of nitrogens with zero attached hydrogens (tertiary/aromatic N) is 4. The molecule has 1 aliphatic carbocycles. The summed E-state index contributed by atoms with van der Waals surface area (Å²) < 4.78 is 20.2. The van der Waals surface area contributed by atoms with Gasteiger partial charge in [0.1, 0.15) is 16.4 Å². The predicted octanol–water partition coefficient (Wildman–Crippen LogP) is 3.23. The summed E-state index contributed by atoms with van der Waals surface area (Å²) in [7, 11) is 1.61. The van der Waals surface area contributed by atoms with Gasteiger partial charge in [-0.15, -0.1) is 11.3 Å². The first kappa shape index (κ1) is 26.6. The van der Waals surface area contributed by atoms with Crippen LogP contribution in [0.3, 0.4) is 0 Å². The second-order valence-electron chi connectivity index (χ2n) is 11.2. The zero-order valence-electron chi connectivity index (χ0n) is 22.6. The maximum atomic E-state index is 14.0. The van der Waals surface area contributed by atoms with Crippen LogP contribution in [0.1, 0.15) is 47.6 Å². The molecule has 1 aromatic carbocycles. The van der Waals surface area contributed by atoms with Crippen molar-refractivity contribution in [3.05, 3.63) is 68.8 Å². The van der Waals surface area contributed by atoms with E-state index in [1.165, 1.54) is 34.2 Å². The van der Waals surface area contributed by atoms with Gasteiger partial charge < -0.3 is 24.2 Å². The average molecular weight is 567 g/mol. The molecule has 9 nitrogen and oxygen atoms in total. The van der Waals surface area contributed by atoms with E-state index in [1.54, 1.807) is 42.2 Å². The number of aromatic nitrogens is 2. The van der Waals surface area contributed by atoms with Crippen molar-refractivity contribution >= 4 is 23.2 Å². The number of thiazole rings is 1. The number of carbonyl (C=O) groups excluding carboxylic acids is 2. The molecule has 2 atom stereocenters. The molecule has 1 saturated carbocycles. The van der Waals surface area contributed by atoms with Crippen molar-refractivity contribution < 1.29 is 23.8 Å². The lowest BCUT2D eigenvalue weighted by molar-refractivity contribution is -0.153. The fraction of sp³-hybridized carbons (Fsp3) is 0.448. The smallest absolute Gasteiger partial charge is 0.274 e. The van der Waals surface area contributed by atoms with E-state index in [4.69, 9.17) is 4.74 Å². The number of rotatable bonds is 7. The second kappa shape index (κ2) is 9.81. The van der Waals surface area contributed by atoms with Crippen molar-refractivity contribution in [3.8, 4) is 16.3 Å². The van der Waals surface area contributed by atoms with Crippen LogP contribution in [0.25, 0.3) is 10.6 Å². The van der Waals surface area contributed by atoms with E-state index >= 15 is 0 Å². The number of ether oxygens (including phenoxy) is 1. The molecule has 0 spiro atoms. The van der Waals surface area contributed by atoms with E-state index in [9.17, 15) is 23.9 Å². The molecule has 0 radical (unpaired) electrons. The molecule has 1 N–H and O–H groups in total. The Labute approximate surface area is 234 Å². The standard InChI is InChI=1S/C29H31FN4O5S/c1-16(18-6-7-18)33-15-29(2,28(38)32-12-20(13-32)39-3)34-14-22(24(35)25(36)23(34)27(33)37)26-31-11-21(40-26)10-17-4-8-19(30)9-5-17/h4-5,8-9,11,14,16,18,20,36H,6-7,10,12-13,15H2,1-3H3/t16-,29-/m1/s1. The lowest BCUT2D eigenvalue weighted by Crippen LogP contribution is -2.66. The molecule has 210 valence electrons. The van der Waals surface area contributed by atoms with E-state index in [-0.39, 0.29) is 41.7 Å². The maximum absolute atomic E-state index is 14.0. The van der Waals surface area contributed by atoms with Crippen LogP contribution in [0.2, 0.25) is 0 Å². The zero-order chi connectivity index (χ0) is 28.3. The van der Waals surface area contributed by atoms with E-state index < -0.39 is 22.6 Å². The zero-order valence-corrected chi connectivity index (χ0v) is 23.4. The monoisotopic (exact) mass is 566 g/mol. The molecule has 2 fully saturated rings. The molecule has 11 heteroatoms. The van der Waals surface area contributed by atoms with Gasteiger partial charge in [-0.3, -0.25) is 14.4 Å². The van der Waals surface area contributed by atoms with Gasteiger partial charge in [0, 0.05) is 49.9 Å². The highest BCUT2D eigenvalue weighted by atomic mass is 32.1. The number of halogens is 1. The van der Waals surface area contributed by atoms with Crippen LogP contribution in [0.5, 0.6) is 5.75 Å². The van der Waals surface area contributed by atoms with Gasteiger partial charge in [0.2, 0.25) is 5.43 Å². The maximum Gasteiger partial charge on any atom is 0.274 e. The van der Waals surface area contributed by atoms with Crippen molar-refractivity contribution in [2.24, 2.45) is 5.92 Å². The largest absolute Gasteiger partial charge is 0.503 e. The van der Waals surface area contributed by atoms with Crippen molar-refractivity contribution in [1.29, 1.82) is 0 Å². The number of aromatic hydroxyl groups is 1. The molecule has 2 aliphatic heterocycles. The minimum absolute atomic E-state index is 0.0495. The minimum Gasteiger partial charge on any atom is -0.503 e. The molecule has 0 bridgehead atoms. The predicted molar refractivity (Wildman–Crippen MR) is 147 cm³/mol. The first-order valence-corrected chi connectivity index (χ1v) is 14.2. The Balaban J connectivity index is 1.42. The van der Waals surface area contributed by atoms with E-state index in [2.05, 4.69) is 4.98 Å². The summed E-state index contributed by atoms with van der Waals surface area (Å²) in [6, 6.07) is 6.03. The topological polar surface area (TPSA) is 105 Å². The van der Waals surface area contributed by atoms with Crippen LogP contribution < -0.4 is 5.43 Å². The van der Waals surface area contributed by atoms with Crippen molar-refractivity contribution in [2.45, 2.75) is 50.8 Å². The van der Waals surface area contributed by atoms with Crippen LogP contribution in [-0.2, 0) is 21.5 Å². The molecule has 4 heterocycles. The highest BCUT2D eigenvalue weighted by Gasteiger charge is 2.52. The van der Waals surface area contributed by atoms with E-state index in [0.29, 0.717) is 30.4 Å². The quantitative estimate of drug-likeness (QED) is 0.471. The van der Waals surface area contributed by atoms with Crippen LogP contribution in [0, 0.1) is 11.7 Å².